The second-order valence-electron chi connectivity index (χ2n) is 7.60. The Kier molecular flexibility index (Phi) is 4.46. The second kappa shape index (κ2) is 7.41. The van der Waals surface area contributed by atoms with Crippen molar-refractivity contribution in [3.8, 4) is 0 Å². The van der Waals surface area contributed by atoms with Crippen LogP contribution in [0.15, 0.2) is 115 Å². The molecule has 0 aliphatic carbocycles. The molecule has 0 aromatic heterocycles. The monoisotopic (exact) mass is 370 g/mol. The topological polar surface area (TPSA) is 0 Å². The van der Waals surface area contributed by atoms with Crippen LogP contribution in [-0.2, 0) is 0 Å². The summed E-state index contributed by atoms with van der Waals surface area (Å²) < 4.78 is 0. The summed E-state index contributed by atoms with van der Waals surface area (Å²) in [5.74, 6) is 0. The third-order valence-electron chi connectivity index (χ3n) is 5.47. The zero-order valence-corrected chi connectivity index (χ0v) is 16.5. The van der Waals surface area contributed by atoms with Gasteiger partial charge in [0.1, 0.15) is 0 Å². The van der Waals surface area contributed by atoms with Crippen molar-refractivity contribution in [2.45, 2.75) is 6.92 Å². The lowest BCUT2D eigenvalue weighted by molar-refractivity contribution is 1.48. The van der Waals surface area contributed by atoms with Crippen molar-refractivity contribution in [2.75, 3.05) is 0 Å². The fourth-order valence-electron chi connectivity index (χ4n) is 3.92. The number of hydrogen-bond acceptors (Lipinski definition) is 0. The van der Waals surface area contributed by atoms with E-state index in [1.807, 2.05) is 18.2 Å². The van der Waals surface area contributed by atoms with E-state index in [1.165, 1.54) is 48.7 Å². The predicted octanol–water partition coefficient (Wildman–Crippen LogP) is 8.29. The van der Waals surface area contributed by atoms with Gasteiger partial charge in [0, 0.05) is 0 Å². The first-order valence-corrected chi connectivity index (χ1v) is 10.0. The van der Waals surface area contributed by atoms with Gasteiger partial charge in [-0.2, -0.15) is 0 Å². The van der Waals surface area contributed by atoms with E-state index < -0.39 is 0 Å². The van der Waals surface area contributed by atoms with E-state index in [0.717, 1.165) is 0 Å². The molecule has 0 N–H and O–H groups in total. The maximum Gasteiger partial charge on any atom is -0.0171 e. The van der Waals surface area contributed by atoms with Crippen LogP contribution in [-0.4, -0.2) is 0 Å². The van der Waals surface area contributed by atoms with Crippen LogP contribution < -0.4 is 0 Å². The Morgan fingerprint density at radius 3 is 0.862 bits per heavy atom. The summed E-state index contributed by atoms with van der Waals surface area (Å²) in [6.07, 6.45) is 0. The molecule has 6 rings (SSSR count). The van der Waals surface area contributed by atoms with Gasteiger partial charge in [0.2, 0.25) is 0 Å². The lowest BCUT2D eigenvalue weighted by Gasteiger charge is -2.07. The van der Waals surface area contributed by atoms with E-state index >= 15 is 0 Å². The van der Waals surface area contributed by atoms with Crippen LogP contribution >= 0.6 is 0 Å². The van der Waals surface area contributed by atoms with E-state index in [-0.39, 0.29) is 0 Å². The van der Waals surface area contributed by atoms with Gasteiger partial charge in [0.15, 0.2) is 0 Å². The Labute approximate surface area is 171 Å². The summed E-state index contributed by atoms with van der Waals surface area (Å²) >= 11 is 0. The van der Waals surface area contributed by atoms with Crippen molar-refractivity contribution in [1.82, 2.24) is 0 Å². The van der Waals surface area contributed by atoms with Gasteiger partial charge >= 0.3 is 0 Å². The van der Waals surface area contributed by atoms with Crippen molar-refractivity contribution in [2.24, 2.45) is 0 Å². The molecule has 29 heavy (non-hydrogen) atoms. The molecule has 0 saturated carbocycles. The maximum absolute atomic E-state index is 2.31. The number of hydrogen-bond donors (Lipinski definition) is 0. The summed E-state index contributed by atoms with van der Waals surface area (Å²) in [5, 5.41) is 10.4. The molecule has 0 spiro atoms. The number of aryl methyl sites for hydroxylation is 1. The minimum absolute atomic E-state index is 1.30. The van der Waals surface area contributed by atoms with Crippen LogP contribution in [0, 0.1) is 6.92 Å². The minimum Gasteiger partial charge on any atom is -0.0622 e. The Hall–Kier alpha value is -3.64. The molecule has 0 saturated heterocycles. The normalized spacial score (nSPS) is 10.9. The van der Waals surface area contributed by atoms with E-state index in [1.54, 1.807) is 0 Å². The molecule has 138 valence electrons. The molecule has 6 aromatic carbocycles. The van der Waals surface area contributed by atoms with Gasteiger partial charge < -0.3 is 0 Å². The third-order valence-corrected chi connectivity index (χ3v) is 5.47. The summed E-state index contributed by atoms with van der Waals surface area (Å²) in [5.41, 5.74) is 1.32. The molecule has 0 amide bonds. The lowest BCUT2D eigenvalue weighted by Crippen LogP contribution is -1.80. The highest BCUT2D eigenvalue weighted by atomic mass is 14.1. The average molecular weight is 370 g/mol. The minimum atomic E-state index is 1.30. The first kappa shape index (κ1) is 17.5. The Morgan fingerprint density at radius 2 is 0.586 bits per heavy atom. The summed E-state index contributed by atoms with van der Waals surface area (Å²) in [4.78, 5) is 0. The fraction of sp³-hybridized carbons (Fsp3) is 0.0345. The molecule has 6 aromatic rings. The predicted molar refractivity (Wildman–Crippen MR) is 128 cm³/mol. The van der Waals surface area contributed by atoms with Crippen molar-refractivity contribution >= 4 is 43.1 Å². The van der Waals surface area contributed by atoms with Crippen molar-refractivity contribution in [3.63, 3.8) is 0 Å². The SMILES string of the molecule is Cc1ccccc1.c1ccc2cc3cc4cc5ccccc5cc4cc3cc2c1. The summed E-state index contributed by atoms with van der Waals surface area (Å²) in [6, 6.07) is 41.2. The van der Waals surface area contributed by atoms with Gasteiger partial charge in [-0.25, -0.2) is 0 Å². The Morgan fingerprint density at radius 1 is 0.310 bits per heavy atom. The highest BCUT2D eigenvalue weighted by molar-refractivity contribution is 6.08. The van der Waals surface area contributed by atoms with Gasteiger partial charge in [-0.15, -0.1) is 0 Å². The number of benzene rings is 6. The molecule has 0 heterocycles. The van der Waals surface area contributed by atoms with E-state index in [0.29, 0.717) is 0 Å². The van der Waals surface area contributed by atoms with Gasteiger partial charge in [-0.3, -0.25) is 0 Å². The van der Waals surface area contributed by atoms with Crippen LogP contribution in [0.4, 0.5) is 0 Å². The van der Waals surface area contributed by atoms with Crippen LogP contribution in [0.5, 0.6) is 0 Å². The molecule has 0 aliphatic rings. The molecular weight excluding hydrogens is 348 g/mol. The molecule has 0 unspecified atom stereocenters. The van der Waals surface area contributed by atoms with E-state index in [2.05, 4.69) is 104 Å². The first-order valence-electron chi connectivity index (χ1n) is 10.0. The summed E-state index contributed by atoms with van der Waals surface area (Å²) in [7, 11) is 0. The van der Waals surface area contributed by atoms with Crippen molar-refractivity contribution in [1.29, 1.82) is 0 Å². The molecule has 0 atom stereocenters. The van der Waals surface area contributed by atoms with E-state index in [4.69, 9.17) is 0 Å². The molecule has 0 heteroatoms. The molecule has 0 radical (unpaired) electrons. The number of rotatable bonds is 0. The van der Waals surface area contributed by atoms with Gasteiger partial charge in [0.25, 0.3) is 0 Å². The highest BCUT2D eigenvalue weighted by Crippen LogP contribution is 2.29. The maximum atomic E-state index is 2.31. The molecule has 0 aliphatic heterocycles. The second-order valence-corrected chi connectivity index (χ2v) is 7.60. The molecular formula is C29H22. The van der Waals surface area contributed by atoms with Gasteiger partial charge in [-0.05, 0) is 86.4 Å². The fourth-order valence-corrected chi connectivity index (χ4v) is 3.92. The van der Waals surface area contributed by atoms with Gasteiger partial charge in [-0.1, -0.05) is 84.4 Å². The average Bonchev–Trinajstić information content (AvgIpc) is 2.76. The van der Waals surface area contributed by atoms with Crippen LogP contribution in [0.25, 0.3) is 43.1 Å². The number of fused-ring (bicyclic) bond motifs is 4. The van der Waals surface area contributed by atoms with Crippen molar-refractivity contribution < 1.29 is 0 Å². The van der Waals surface area contributed by atoms with Crippen LogP contribution in [0.1, 0.15) is 5.56 Å². The highest BCUT2D eigenvalue weighted by Gasteiger charge is 2.02. The lowest BCUT2D eigenvalue weighted by atomic mass is 9.97. The Bertz CT molecular complexity index is 1260. The smallest absolute Gasteiger partial charge is 0.0171 e. The third kappa shape index (κ3) is 3.58. The molecule has 0 fully saturated rings. The molecule has 0 bridgehead atoms. The van der Waals surface area contributed by atoms with Gasteiger partial charge in [0.05, 0.1) is 0 Å². The standard InChI is InChI=1S/C22H14.C7H8/c1-2-6-16-10-20-14-22-12-18-8-4-3-7-17(18)11-21(22)13-19(20)9-15(16)5-1;1-7-5-3-2-4-6-7/h1-14H;2-6H,1H3. The zero-order valence-electron chi connectivity index (χ0n) is 16.5. The Balaban J connectivity index is 0.000000222. The quantitative estimate of drug-likeness (QED) is 0.236. The largest absolute Gasteiger partial charge is 0.0622 e. The van der Waals surface area contributed by atoms with Crippen LogP contribution in [0.2, 0.25) is 0 Å². The zero-order chi connectivity index (χ0) is 19.6. The van der Waals surface area contributed by atoms with Crippen molar-refractivity contribution in [3.05, 3.63) is 121 Å². The van der Waals surface area contributed by atoms with Crippen LogP contribution in [0.3, 0.4) is 0 Å². The summed E-state index contributed by atoms with van der Waals surface area (Å²) in [6.45, 7) is 2.08. The molecule has 0 nitrogen and oxygen atoms in total. The first-order chi connectivity index (χ1) is 14.3. The van der Waals surface area contributed by atoms with E-state index in [9.17, 15) is 0 Å².